The van der Waals surface area contributed by atoms with E-state index in [1.165, 1.54) is 15.9 Å². The summed E-state index contributed by atoms with van der Waals surface area (Å²) < 4.78 is 15.5. The first-order valence-corrected chi connectivity index (χ1v) is 15.9. The van der Waals surface area contributed by atoms with Crippen LogP contribution in [0.2, 0.25) is 0 Å². The number of ether oxygens (including phenoxy) is 2. The van der Waals surface area contributed by atoms with E-state index in [4.69, 9.17) is 14.6 Å². The van der Waals surface area contributed by atoms with Crippen molar-refractivity contribution in [3.05, 3.63) is 105 Å². The lowest BCUT2D eigenvalue weighted by atomic mass is 10.0. The largest absolute Gasteiger partial charge is 0.494 e. The molecule has 6 aromatic rings. The minimum atomic E-state index is -0.211. The molecular weight excluding hydrogens is 570 g/mol. The van der Waals surface area contributed by atoms with E-state index in [9.17, 15) is 4.79 Å². The summed E-state index contributed by atoms with van der Waals surface area (Å²) in [6, 6.07) is 23.7. The van der Waals surface area contributed by atoms with Crippen molar-refractivity contribution in [3.63, 3.8) is 0 Å². The third-order valence-electron chi connectivity index (χ3n) is 7.27. The Morgan fingerprint density at radius 1 is 0.864 bits per heavy atom. The van der Waals surface area contributed by atoms with Crippen LogP contribution >= 0.6 is 11.3 Å². The van der Waals surface area contributed by atoms with Crippen molar-refractivity contribution in [2.24, 2.45) is 0 Å². The number of aromatic nitrogens is 5. The molecule has 0 fully saturated rings. The molecule has 0 N–H and O–H groups in total. The summed E-state index contributed by atoms with van der Waals surface area (Å²) in [6.07, 6.45) is 8.13. The number of rotatable bonds is 12. The normalized spacial score (nSPS) is 11.8. The fourth-order valence-corrected chi connectivity index (χ4v) is 5.84. The highest BCUT2D eigenvalue weighted by Gasteiger charge is 2.16. The summed E-state index contributed by atoms with van der Waals surface area (Å²) in [5.41, 5.74) is 5.13. The molecule has 8 nitrogen and oxygen atoms in total. The van der Waals surface area contributed by atoms with Gasteiger partial charge in [-0.1, -0.05) is 56.2 Å². The molecular formula is C35H35N5O3S. The van der Waals surface area contributed by atoms with Crippen molar-refractivity contribution in [2.75, 3.05) is 13.2 Å². The fraction of sp³-hybridized carbons (Fsp3) is 0.257. The summed E-state index contributed by atoms with van der Waals surface area (Å²) in [5, 5.41) is 9.49. The zero-order valence-electron chi connectivity index (χ0n) is 25.2. The van der Waals surface area contributed by atoms with Gasteiger partial charge in [-0.15, -0.1) is 5.10 Å². The number of thiazole rings is 1. The maximum Gasteiger partial charge on any atom is 0.291 e. The van der Waals surface area contributed by atoms with E-state index in [-0.39, 0.29) is 5.56 Å². The Hall–Kier alpha value is -4.76. The first-order chi connectivity index (χ1) is 21.5. The number of para-hydroxylation sites is 1. The molecule has 3 aromatic carbocycles. The number of unbranched alkanes of at least 4 members (excludes halogenated alkanes) is 2. The van der Waals surface area contributed by atoms with Crippen LogP contribution in [0, 0.1) is 6.92 Å². The van der Waals surface area contributed by atoms with Gasteiger partial charge in [0.05, 0.1) is 23.4 Å². The van der Waals surface area contributed by atoms with E-state index >= 15 is 0 Å². The van der Waals surface area contributed by atoms with Crippen LogP contribution in [0.5, 0.6) is 11.5 Å². The van der Waals surface area contributed by atoms with E-state index in [0.717, 1.165) is 70.8 Å². The molecule has 3 heterocycles. The summed E-state index contributed by atoms with van der Waals surface area (Å²) in [6.45, 7) is 7.67. The minimum Gasteiger partial charge on any atom is -0.494 e. The van der Waals surface area contributed by atoms with Gasteiger partial charge < -0.3 is 9.47 Å². The first kappa shape index (κ1) is 29.3. The molecule has 0 amide bonds. The number of hydrogen-bond donors (Lipinski definition) is 0. The summed E-state index contributed by atoms with van der Waals surface area (Å²) in [7, 11) is 0. The van der Waals surface area contributed by atoms with Crippen LogP contribution in [-0.2, 0) is 0 Å². The molecule has 0 aliphatic rings. The third-order valence-corrected chi connectivity index (χ3v) is 8.23. The second-order valence-electron chi connectivity index (χ2n) is 10.7. The van der Waals surface area contributed by atoms with Crippen LogP contribution in [0.3, 0.4) is 0 Å². The zero-order valence-corrected chi connectivity index (χ0v) is 26.0. The maximum absolute atomic E-state index is 13.5. The fourth-order valence-electron chi connectivity index (χ4n) is 4.94. The Balaban J connectivity index is 1.34. The Morgan fingerprint density at radius 2 is 1.66 bits per heavy atom. The molecule has 0 saturated carbocycles. The van der Waals surface area contributed by atoms with Crippen LogP contribution in [0.25, 0.3) is 39.4 Å². The number of nitrogens with zero attached hydrogens (tertiary/aromatic N) is 5. The molecule has 0 bridgehead atoms. The smallest absolute Gasteiger partial charge is 0.291 e. The van der Waals surface area contributed by atoms with Gasteiger partial charge in [0.15, 0.2) is 5.82 Å². The molecule has 0 spiro atoms. The second-order valence-corrected chi connectivity index (χ2v) is 11.7. The monoisotopic (exact) mass is 605 g/mol. The number of hydrogen-bond acceptors (Lipinski definition) is 7. The van der Waals surface area contributed by atoms with Gasteiger partial charge in [0.25, 0.3) is 5.56 Å². The predicted molar refractivity (Wildman–Crippen MR) is 176 cm³/mol. The molecule has 9 heteroatoms. The van der Waals surface area contributed by atoms with Gasteiger partial charge in [-0.25, -0.2) is 4.68 Å². The maximum atomic E-state index is 13.5. The van der Waals surface area contributed by atoms with E-state index < -0.39 is 0 Å². The summed E-state index contributed by atoms with van der Waals surface area (Å²) >= 11 is 1.32. The van der Waals surface area contributed by atoms with Crippen molar-refractivity contribution in [1.29, 1.82) is 0 Å². The Morgan fingerprint density at radius 3 is 2.39 bits per heavy atom. The van der Waals surface area contributed by atoms with Gasteiger partial charge in [0.1, 0.15) is 17.2 Å². The van der Waals surface area contributed by atoms with Crippen molar-refractivity contribution in [2.45, 2.75) is 46.5 Å². The SMILES string of the molecule is CCCCCOc1ccc(-c2nc3s/c(=C/c4cn(-c5ccccc5)nc4-c4ccc(OCCC)c(C)c4)c(=O)n3n2)cc1. The molecule has 0 saturated heterocycles. The van der Waals surface area contributed by atoms with Gasteiger partial charge in [0, 0.05) is 22.9 Å². The standard InChI is InChI=1S/C35H35N5O3S/c1-4-6-10-20-42-29-16-13-25(14-17-29)33-36-35-40(38-33)34(41)31(44-35)22-27-23-39(28-11-8-7-9-12-28)37-32(27)26-15-18-30(24(3)21-26)43-19-5-2/h7-9,11-18,21-23H,4-6,10,19-20H2,1-3H3/b31-22+. The van der Waals surface area contributed by atoms with E-state index in [1.807, 2.05) is 90.6 Å². The second kappa shape index (κ2) is 13.3. The first-order valence-electron chi connectivity index (χ1n) is 15.1. The van der Waals surface area contributed by atoms with Crippen LogP contribution < -0.4 is 19.6 Å². The van der Waals surface area contributed by atoms with Crippen LogP contribution in [0.15, 0.2) is 83.8 Å². The molecule has 0 unspecified atom stereocenters. The van der Waals surface area contributed by atoms with E-state index in [1.54, 1.807) is 0 Å². The van der Waals surface area contributed by atoms with Gasteiger partial charge in [-0.2, -0.15) is 14.6 Å². The number of fused-ring (bicyclic) bond motifs is 1. The molecule has 0 radical (unpaired) electrons. The van der Waals surface area contributed by atoms with Crippen LogP contribution in [0.4, 0.5) is 0 Å². The number of aryl methyl sites for hydroxylation is 1. The molecule has 0 aliphatic heterocycles. The quantitative estimate of drug-likeness (QED) is 0.141. The Labute approximate surface area is 260 Å². The summed E-state index contributed by atoms with van der Waals surface area (Å²) in [5.74, 6) is 2.19. The lowest BCUT2D eigenvalue weighted by Crippen LogP contribution is -2.23. The summed E-state index contributed by atoms with van der Waals surface area (Å²) in [4.78, 5) is 18.7. The number of benzene rings is 3. The third kappa shape index (κ3) is 6.28. The van der Waals surface area contributed by atoms with Crippen molar-refractivity contribution < 1.29 is 9.47 Å². The average Bonchev–Trinajstić information content (AvgIpc) is 3.74. The molecule has 0 atom stereocenters. The molecule has 44 heavy (non-hydrogen) atoms. The Kier molecular flexibility index (Phi) is 8.84. The van der Waals surface area contributed by atoms with Crippen molar-refractivity contribution in [1.82, 2.24) is 24.4 Å². The minimum absolute atomic E-state index is 0.211. The highest BCUT2D eigenvalue weighted by atomic mass is 32.1. The molecule has 224 valence electrons. The topological polar surface area (TPSA) is 83.5 Å². The van der Waals surface area contributed by atoms with Gasteiger partial charge >= 0.3 is 0 Å². The average molecular weight is 606 g/mol. The molecule has 0 aliphatic carbocycles. The van der Waals surface area contributed by atoms with Gasteiger partial charge in [-0.05, 0) is 86.0 Å². The van der Waals surface area contributed by atoms with Crippen molar-refractivity contribution in [3.8, 4) is 39.8 Å². The predicted octanol–water partition coefficient (Wildman–Crippen LogP) is 6.88. The van der Waals surface area contributed by atoms with E-state index in [0.29, 0.717) is 28.5 Å². The lowest BCUT2D eigenvalue weighted by Gasteiger charge is -2.09. The van der Waals surface area contributed by atoms with Gasteiger partial charge in [0.2, 0.25) is 4.96 Å². The lowest BCUT2D eigenvalue weighted by molar-refractivity contribution is 0.306. The van der Waals surface area contributed by atoms with Crippen LogP contribution in [0.1, 0.15) is 50.7 Å². The van der Waals surface area contributed by atoms with E-state index in [2.05, 4.69) is 30.0 Å². The van der Waals surface area contributed by atoms with Crippen molar-refractivity contribution >= 4 is 22.4 Å². The molecule has 6 rings (SSSR count). The highest BCUT2D eigenvalue weighted by Crippen LogP contribution is 2.29. The molecule has 3 aromatic heterocycles. The Bertz CT molecular complexity index is 1980. The van der Waals surface area contributed by atoms with Crippen LogP contribution in [-0.4, -0.2) is 37.6 Å². The van der Waals surface area contributed by atoms with Gasteiger partial charge in [-0.3, -0.25) is 4.79 Å². The zero-order chi connectivity index (χ0) is 30.5. The highest BCUT2D eigenvalue weighted by molar-refractivity contribution is 7.15.